The molecule has 2 fully saturated rings. The van der Waals surface area contributed by atoms with Crippen LogP contribution in [-0.4, -0.2) is 57.0 Å². The highest BCUT2D eigenvalue weighted by Gasteiger charge is 2.43. The van der Waals surface area contributed by atoms with Gasteiger partial charge in [0.2, 0.25) is 0 Å². The van der Waals surface area contributed by atoms with Gasteiger partial charge in [0.15, 0.2) is 0 Å². The summed E-state index contributed by atoms with van der Waals surface area (Å²) in [5, 5.41) is 0. The highest BCUT2D eigenvalue weighted by atomic mass is 16.5. The lowest BCUT2D eigenvalue weighted by atomic mass is 9.78. The van der Waals surface area contributed by atoms with Gasteiger partial charge in [0.1, 0.15) is 0 Å². The Hall–Kier alpha value is -0.160. The first-order valence-electron chi connectivity index (χ1n) is 7.21. The van der Waals surface area contributed by atoms with E-state index >= 15 is 0 Å². The molecule has 1 aliphatic heterocycles. The summed E-state index contributed by atoms with van der Waals surface area (Å²) in [6.45, 7) is 3.94. The fraction of sp³-hybridized carbons (Fsp3) is 1.00. The van der Waals surface area contributed by atoms with E-state index < -0.39 is 0 Å². The van der Waals surface area contributed by atoms with Crippen LogP contribution in [0.25, 0.3) is 0 Å². The largest absolute Gasteiger partial charge is 0.384 e. The van der Waals surface area contributed by atoms with Crippen LogP contribution in [-0.2, 0) is 9.47 Å². The lowest BCUT2D eigenvalue weighted by Gasteiger charge is -2.46. The van der Waals surface area contributed by atoms with Crippen molar-refractivity contribution in [1.82, 2.24) is 4.90 Å². The van der Waals surface area contributed by atoms with E-state index in [4.69, 9.17) is 15.2 Å². The van der Waals surface area contributed by atoms with Crippen molar-refractivity contribution in [2.75, 3.05) is 40.5 Å². The Morgan fingerprint density at radius 3 is 2.83 bits per heavy atom. The normalized spacial score (nSPS) is 38.2. The van der Waals surface area contributed by atoms with Crippen LogP contribution < -0.4 is 5.73 Å². The van der Waals surface area contributed by atoms with Crippen LogP contribution in [0.4, 0.5) is 0 Å². The minimum Gasteiger partial charge on any atom is -0.384 e. The molecule has 0 bridgehead atoms. The van der Waals surface area contributed by atoms with Gasteiger partial charge in [-0.3, -0.25) is 4.90 Å². The third kappa shape index (κ3) is 2.87. The van der Waals surface area contributed by atoms with Gasteiger partial charge in [-0.2, -0.15) is 0 Å². The maximum Gasteiger partial charge on any atom is 0.0589 e. The number of nitrogens with zero attached hydrogens (tertiary/aromatic N) is 1. The average molecular weight is 256 g/mol. The number of methoxy groups -OCH3 is 2. The maximum absolute atomic E-state index is 6.13. The van der Waals surface area contributed by atoms with Crippen LogP contribution in [0.5, 0.6) is 0 Å². The van der Waals surface area contributed by atoms with Crippen LogP contribution in [0.1, 0.15) is 32.1 Å². The molecule has 1 saturated carbocycles. The molecule has 1 saturated heterocycles. The summed E-state index contributed by atoms with van der Waals surface area (Å²) in [5.74, 6) is 0.682. The molecule has 1 heterocycles. The molecule has 106 valence electrons. The summed E-state index contributed by atoms with van der Waals surface area (Å²) in [5.41, 5.74) is 6.31. The van der Waals surface area contributed by atoms with Gasteiger partial charge in [-0.15, -0.1) is 0 Å². The summed E-state index contributed by atoms with van der Waals surface area (Å²) in [6, 6.07) is 0. The van der Waals surface area contributed by atoms with Gasteiger partial charge in [-0.05, 0) is 44.6 Å². The second-order valence-electron chi connectivity index (χ2n) is 5.94. The molecule has 3 unspecified atom stereocenters. The molecule has 0 radical (unpaired) electrons. The highest BCUT2D eigenvalue weighted by Crippen LogP contribution is 2.37. The zero-order valence-corrected chi connectivity index (χ0v) is 11.9. The second kappa shape index (κ2) is 6.33. The molecule has 2 rings (SSSR count). The average Bonchev–Trinajstić information content (AvgIpc) is 2.88. The molecule has 4 nitrogen and oxygen atoms in total. The number of nitrogens with two attached hydrogens (primary N) is 1. The van der Waals surface area contributed by atoms with Crippen LogP contribution in [0.15, 0.2) is 0 Å². The first-order valence-corrected chi connectivity index (χ1v) is 7.21. The molecule has 0 amide bonds. The van der Waals surface area contributed by atoms with Crippen molar-refractivity contribution in [3.8, 4) is 0 Å². The van der Waals surface area contributed by atoms with Crippen molar-refractivity contribution in [1.29, 1.82) is 0 Å². The Bertz CT molecular complexity index is 262. The van der Waals surface area contributed by atoms with Gasteiger partial charge in [0.05, 0.1) is 12.7 Å². The summed E-state index contributed by atoms with van der Waals surface area (Å²) in [4.78, 5) is 2.61. The smallest absolute Gasteiger partial charge is 0.0589 e. The van der Waals surface area contributed by atoms with Gasteiger partial charge in [-0.1, -0.05) is 0 Å². The Balaban J connectivity index is 1.99. The quantitative estimate of drug-likeness (QED) is 0.804. The van der Waals surface area contributed by atoms with Crippen LogP contribution in [0.2, 0.25) is 0 Å². The maximum atomic E-state index is 6.13. The van der Waals surface area contributed by atoms with E-state index in [0.29, 0.717) is 12.0 Å². The van der Waals surface area contributed by atoms with Crippen LogP contribution in [0.3, 0.4) is 0 Å². The number of rotatable bonds is 5. The van der Waals surface area contributed by atoms with Crippen molar-refractivity contribution in [2.45, 2.75) is 43.7 Å². The van der Waals surface area contributed by atoms with E-state index in [1.165, 1.54) is 32.2 Å². The van der Waals surface area contributed by atoms with E-state index in [9.17, 15) is 0 Å². The third-order valence-electron chi connectivity index (χ3n) is 4.85. The molecule has 3 atom stereocenters. The molecule has 2 aliphatic rings. The zero-order chi connectivity index (χ0) is 13.0. The minimum absolute atomic E-state index is 0.182. The SMILES string of the molecule is COCC1CCN(C2(CN)CCCC(OC)C2)C1. The number of hydrogen-bond donors (Lipinski definition) is 1. The van der Waals surface area contributed by atoms with Gasteiger partial charge in [0.25, 0.3) is 0 Å². The van der Waals surface area contributed by atoms with E-state index in [1.807, 2.05) is 7.11 Å². The lowest BCUT2D eigenvalue weighted by Crippen LogP contribution is -2.56. The molecule has 1 aliphatic carbocycles. The number of ether oxygens (including phenoxy) is 2. The van der Waals surface area contributed by atoms with Crippen molar-refractivity contribution >= 4 is 0 Å². The zero-order valence-electron chi connectivity index (χ0n) is 11.9. The monoisotopic (exact) mass is 256 g/mol. The Morgan fingerprint density at radius 1 is 1.33 bits per heavy atom. The predicted octanol–water partition coefficient (Wildman–Crippen LogP) is 1.24. The highest BCUT2D eigenvalue weighted by molar-refractivity contribution is 4.99. The lowest BCUT2D eigenvalue weighted by molar-refractivity contribution is -0.0154. The Kier molecular flexibility index (Phi) is 5.01. The fourth-order valence-electron chi connectivity index (χ4n) is 3.72. The number of hydrogen-bond acceptors (Lipinski definition) is 4. The predicted molar refractivity (Wildman–Crippen MR) is 72.6 cm³/mol. The Labute approximate surface area is 111 Å². The first kappa shape index (κ1) is 14.3. The summed E-state index contributed by atoms with van der Waals surface area (Å²) < 4.78 is 10.9. The molecule has 0 aromatic carbocycles. The van der Waals surface area contributed by atoms with E-state index in [1.54, 1.807) is 7.11 Å². The Morgan fingerprint density at radius 2 is 2.17 bits per heavy atom. The summed E-state index contributed by atoms with van der Waals surface area (Å²) in [7, 11) is 3.62. The molecule has 4 heteroatoms. The fourth-order valence-corrected chi connectivity index (χ4v) is 3.72. The van der Waals surface area contributed by atoms with Gasteiger partial charge in [0, 0.05) is 32.8 Å². The molecule has 0 aromatic rings. The molecule has 0 spiro atoms. The molecule has 2 N–H and O–H groups in total. The second-order valence-corrected chi connectivity index (χ2v) is 5.94. The van der Waals surface area contributed by atoms with Crippen molar-refractivity contribution in [3.63, 3.8) is 0 Å². The third-order valence-corrected chi connectivity index (χ3v) is 4.85. The molecular weight excluding hydrogens is 228 g/mol. The summed E-state index contributed by atoms with van der Waals surface area (Å²) >= 11 is 0. The van der Waals surface area contributed by atoms with Gasteiger partial charge < -0.3 is 15.2 Å². The van der Waals surface area contributed by atoms with Crippen LogP contribution in [0, 0.1) is 5.92 Å². The first-order chi connectivity index (χ1) is 8.74. The van der Waals surface area contributed by atoms with Gasteiger partial charge in [-0.25, -0.2) is 0 Å². The number of likely N-dealkylation sites (tertiary alicyclic amines) is 1. The standard InChI is InChI=1S/C14H28N2O2/c1-17-10-12-5-7-16(9-12)14(11-15)6-3-4-13(8-14)18-2/h12-13H,3-11,15H2,1-2H3. The van der Waals surface area contributed by atoms with E-state index in [0.717, 1.165) is 26.1 Å². The topological polar surface area (TPSA) is 47.7 Å². The molecular formula is C14H28N2O2. The molecule has 0 aromatic heterocycles. The van der Waals surface area contributed by atoms with Gasteiger partial charge >= 0.3 is 0 Å². The van der Waals surface area contributed by atoms with Crippen molar-refractivity contribution < 1.29 is 9.47 Å². The van der Waals surface area contributed by atoms with E-state index in [2.05, 4.69) is 4.90 Å². The molecule has 18 heavy (non-hydrogen) atoms. The van der Waals surface area contributed by atoms with Crippen LogP contribution >= 0.6 is 0 Å². The summed E-state index contributed by atoms with van der Waals surface area (Å²) in [6.07, 6.45) is 6.38. The van der Waals surface area contributed by atoms with Crippen molar-refractivity contribution in [3.05, 3.63) is 0 Å². The van der Waals surface area contributed by atoms with Crippen molar-refractivity contribution in [2.24, 2.45) is 11.7 Å². The minimum atomic E-state index is 0.182. The van der Waals surface area contributed by atoms with E-state index in [-0.39, 0.29) is 5.54 Å².